The molecule has 0 bridgehead atoms. The number of hydrogen-bond acceptors (Lipinski definition) is 2. The van der Waals surface area contributed by atoms with Gasteiger partial charge in [0, 0.05) is 16.7 Å². The van der Waals surface area contributed by atoms with Crippen LogP contribution in [-0.4, -0.2) is 9.97 Å². The van der Waals surface area contributed by atoms with Gasteiger partial charge >= 0.3 is 0 Å². The van der Waals surface area contributed by atoms with Crippen LogP contribution in [0.2, 0.25) is 0 Å². The van der Waals surface area contributed by atoms with Crippen LogP contribution in [-0.2, 0) is 6.42 Å². The van der Waals surface area contributed by atoms with Crippen molar-refractivity contribution in [3.05, 3.63) is 145 Å². The third-order valence-corrected chi connectivity index (χ3v) is 7.12. The van der Waals surface area contributed by atoms with E-state index in [1.54, 1.807) is 0 Å². The van der Waals surface area contributed by atoms with Crippen molar-refractivity contribution in [3.63, 3.8) is 0 Å². The van der Waals surface area contributed by atoms with E-state index in [4.69, 9.17) is 9.97 Å². The van der Waals surface area contributed by atoms with Crippen molar-refractivity contribution in [2.24, 2.45) is 0 Å². The monoisotopic (exact) mass is 472 g/mol. The lowest BCUT2D eigenvalue weighted by molar-refractivity contribution is 1.18. The van der Waals surface area contributed by atoms with Crippen molar-refractivity contribution in [1.29, 1.82) is 0 Å². The highest BCUT2D eigenvalue weighted by Gasteiger charge is 2.18. The molecule has 0 N–H and O–H groups in total. The Morgan fingerprint density at radius 2 is 0.973 bits per heavy atom. The molecule has 1 heterocycles. The molecule has 5 aromatic carbocycles. The van der Waals surface area contributed by atoms with E-state index in [0.717, 1.165) is 40.3 Å². The molecular formula is C35H24N2. The Labute approximate surface area is 217 Å². The molecule has 0 saturated heterocycles. The van der Waals surface area contributed by atoms with Crippen LogP contribution in [0.4, 0.5) is 0 Å². The summed E-state index contributed by atoms with van der Waals surface area (Å²) < 4.78 is 0. The molecule has 0 fully saturated rings. The molecule has 0 unspecified atom stereocenters. The molecule has 0 spiro atoms. The van der Waals surface area contributed by atoms with Gasteiger partial charge in [0.25, 0.3) is 0 Å². The fourth-order valence-corrected chi connectivity index (χ4v) is 5.23. The average Bonchev–Trinajstić information content (AvgIpc) is 3.36. The van der Waals surface area contributed by atoms with Gasteiger partial charge in [-0.1, -0.05) is 115 Å². The van der Waals surface area contributed by atoms with Gasteiger partial charge in [0.05, 0.1) is 11.4 Å². The van der Waals surface area contributed by atoms with E-state index in [1.807, 2.05) is 36.4 Å². The predicted molar refractivity (Wildman–Crippen MR) is 152 cm³/mol. The van der Waals surface area contributed by atoms with Gasteiger partial charge in [-0.15, -0.1) is 0 Å². The number of hydrogen-bond donors (Lipinski definition) is 0. The van der Waals surface area contributed by atoms with Crippen LogP contribution in [0.1, 0.15) is 11.1 Å². The summed E-state index contributed by atoms with van der Waals surface area (Å²) in [5.41, 5.74) is 12.9. The van der Waals surface area contributed by atoms with Gasteiger partial charge in [0.2, 0.25) is 0 Å². The lowest BCUT2D eigenvalue weighted by atomic mass is 9.96. The van der Waals surface area contributed by atoms with E-state index < -0.39 is 0 Å². The molecule has 6 aromatic rings. The summed E-state index contributed by atoms with van der Waals surface area (Å²) in [6, 6.07) is 46.9. The summed E-state index contributed by atoms with van der Waals surface area (Å²) in [5, 5.41) is 0. The SMILES string of the molecule is c1ccc(-c2cc(-c3cccc(-c4ccc5c(c4)-c4ccccc4C5)c3)nc(-c3ccccc3)n2)cc1. The molecule has 174 valence electrons. The molecule has 0 atom stereocenters. The van der Waals surface area contributed by atoms with Crippen LogP contribution < -0.4 is 0 Å². The Kier molecular flexibility index (Phi) is 5.22. The second kappa shape index (κ2) is 9.00. The minimum Gasteiger partial charge on any atom is -0.228 e. The predicted octanol–water partition coefficient (Wildman–Crippen LogP) is 8.72. The van der Waals surface area contributed by atoms with Crippen LogP contribution >= 0.6 is 0 Å². The third kappa shape index (κ3) is 4.03. The first-order valence-corrected chi connectivity index (χ1v) is 12.6. The van der Waals surface area contributed by atoms with Crippen LogP contribution in [0.15, 0.2) is 133 Å². The number of benzene rings is 5. The Morgan fingerprint density at radius 1 is 0.378 bits per heavy atom. The van der Waals surface area contributed by atoms with Gasteiger partial charge in [-0.3, -0.25) is 0 Å². The quantitative estimate of drug-likeness (QED) is 0.256. The Balaban J connectivity index is 1.34. The van der Waals surface area contributed by atoms with Gasteiger partial charge < -0.3 is 0 Å². The molecule has 2 nitrogen and oxygen atoms in total. The summed E-state index contributed by atoms with van der Waals surface area (Å²) in [7, 11) is 0. The first-order chi connectivity index (χ1) is 18.3. The second-order valence-corrected chi connectivity index (χ2v) is 9.48. The average molecular weight is 473 g/mol. The summed E-state index contributed by atoms with van der Waals surface area (Å²) in [4.78, 5) is 9.94. The van der Waals surface area contributed by atoms with Gasteiger partial charge in [0.15, 0.2) is 5.82 Å². The Bertz CT molecular complexity index is 1680. The van der Waals surface area contributed by atoms with Crippen molar-refractivity contribution in [2.45, 2.75) is 6.42 Å². The Morgan fingerprint density at radius 3 is 1.78 bits per heavy atom. The van der Waals surface area contributed by atoms with Crippen molar-refractivity contribution < 1.29 is 0 Å². The van der Waals surface area contributed by atoms with Gasteiger partial charge in [-0.05, 0) is 58.0 Å². The molecule has 7 rings (SSSR count). The number of nitrogens with zero attached hydrogens (tertiary/aromatic N) is 2. The number of aromatic nitrogens is 2. The van der Waals surface area contributed by atoms with Crippen LogP contribution in [0.3, 0.4) is 0 Å². The maximum Gasteiger partial charge on any atom is 0.160 e. The molecule has 0 amide bonds. The van der Waals surface area contributed by atoms with Crippen LogP contribution in [0.5, 0.6) is 0 Å². The second-order valence-electron chi connectivity index (χ2n) is 9.48. The summed E-state index contributed by atoms with van der Waals surface area (Å²) in [6.07, 6.45) is 1.01. The molecular weight excluding hydrogens is 448 g/mol. The normalized spacial score (nSPS) is 11.7. The van der Waals surface area contributed by atoms with E-state index in [0.29, 0.717) is 0 Å². The van der Waals surface area contributed by atoms with E-state index in [9.17, 15) is 0 Å². The number of rotatable bonds is 4. The van der Waals surface area contributed by atoms with E-state index >= 15 is 0 Å². The van der Waals surface area contributed by atoms with E-state index in [2.05, 4.69) is 97.1 Å². The van der Waals surface area contributed by atoms with E-state index in [1.165, 1.54) is 33.4 Å². The van der Waals surface area contributed by atoms with Gasteiger partial charge in [-0.2, -0.15) is 0 Å². The third-order valence-electron chi connectivity index (χ3n) is 7.12. The van der Waals surface area contributed by atoms with Crippen molar-refractivity contribution in [3.8, 4) is 56.2 Å². The topological polar surface area (TPSA) is 25.8 Å². The zero-order valence-corrected chi connectivity index (χ0v) is 20.3. The molecule has 0 saturated carbocycles. The lowest BCUT2D eigenvalue weighted by Gasteiger charge is -2.11. The Hall–Kier alpha value is -4.82. The van der Waals surface area contributed by atoms with Crippen molar-refractivity contribution in [2.75, 3.05) is 0 Å². The fourth-order valence-electron chi connectivity index (χ4n) is 5.23. The smallest absolute Gasteiger partial charge is 0.160 e. The number of fused-ring (bicyclic) bond motifs is 3. The zero-order chi connectivity index (χ0) is 24.6. The molecule has 1 aromatic heterocycles. The van der Waals surface area contributed by atoms with Gasteiger partial charge in [0.1, 0.15) is 0 Å². The van der Waals surface area contributed by atoms with E-state index in [-0.39, 0.29) is 0 Å². The summed E-state index contributed by atoms with van der Waals surface area (Å²) in [5.74, 6) is 0.733. The minimum absolute atomic E-state index is 0.733. The molecule has 2 heteroatoms. The first-order valence-electron chi connectivity index (χ1n) is 12.6. The molecule has 1 aliphatic carbocycles. The largest absolute Gasteiger partial charge is 0.228 e. The standard InChI is InChI=1S/C35H24N2/c1-3-10-24(11-4-1)33-23-34(37-35(36-33)25-12-5-2-6-13-25)30-16-9-15-26(20-30)27-18-19-29-21-28-14-7-8-17-31(28)32(29)22-27/h1-20,22-23H,21H2. The fraction of sp³-hybridized carbons (Fsp3) is 0.0286. The molecule has 1 aliphatic rings. The molecule has 37 heavy (non-hydrogen) atoms. The highest BCUT2D eigenvalue weighted by Crippen LogP contribution is 2.39. The highest BCUT2D eigenvalue weighted by atomic mass is 14.9. The van der Waals surface area contributed by atoms with Crippen molar-refractivity contribution in [1.82, 2.24) is 9.97 Å². The highest BCUT2D eigenvalue weighted by molar-refractivity contribution is 5.83. The first kappa shape index (κ1) is 21.5. The summed E-state index contributed by atoms with van der Waals surface area (Å²) in [6.45, 7) is 0. The van der Waals surface area contributed by atoms with Crippen LogP contribution in [0, 0.1) is 0 Å². The van der Waals surface area contributed by atoms with Gasteiger partial charge in [-0.25, -0.2) is 9.97 Å². The summed E-state index contributed by atoms with van der Waals surface area (Å²) >= 11 is 0. The maximum atomic E-state index is 5.01. The lowest BCUT2D eigenvalue weighted by Crippen LogP contribution is -1.96. The van der Waals surface area contributed by atoms with Crippen molar-refractivity contribution >= 4 is 0 Å². The minimum atomic E-state index is 0.733. The molecule has 0 aliphatic heterocycles. The maximum absolute atomic E-state index is 5.01. The molecule has 0 radical (unpaired) electrons. The van der Waals surface area contributed by atoms with Crippen LogP contribution in [0.25, 0.3) is 56.2 Å². The zero-order valence-electron chi connectivity index (χ0n) is 20.3.